The number of imidazole rings is 1. The molecule has 2 nitrogen and oxygen atoms in total. The van der Waals surface area contributed by atoms with Crippen LogP contribution in [0.5, 0.6) is 0 Å². The van der Waals surface area contributed by atoms with Crippen molar-refractivity contribution in [3.8, 4) is 11.4 Å². The number of nitrogens with zero attached hydrogens (tertiary/aromatic N) is 1. The molecular formula is C14H9ClF2N2. The number of hydrogen-bond donors (Lipinski definition) is 1. The molecule has 0 bridgehead atoms. The van der Waals surface area contributed by atoms with Crippen molar-refractivity contribution in [1.82, 2.24) is 9.97 Å². The van der Waals surface area contributed by atoms with E-state index in [0.29, 0.717) is 17.2 Å². The minimum absolute atomic E-state index is 0.132. The summed E-state index contributed by atoms with van der Waals surface area (Å²) >= 11 is 5.77. The standard InChI is InChI=1S/C14H9ClF2N2/c15-7-8-2-1-3-9(4-8)14-18-12-6-10(16)5-11(17)13(12)19-14/h1-6H,7H2,(H,18,19). The van der Waals surface area contributed by atoms with Gasteiger partial charge >= 0.3 is 0 Å². The van der Waals surface area contributed by atoms with Crippen molar-refractivity contribution in [2.45, 2.75) is 5.88 Å². The maximum Gasteiger partial charge on any atom is 0.153 e. The van der Waals surface area contributed by atoms with Crippen LogP contribution < -0.4 is 0 Å². The lowest BCUT2D eigenvalue weighted by atomic mass is 10.1. The summed E-state index contributed by atoms with van der Waals surface area (Å²) < 4.78 is 26.7. The van der Waals surface area contributed by atoms with Crippen LogP contribution in [0.1, 0.15) is 5.56 Å². The van der Waals surface area contributed by atoms with Crippen molar-refractivity contribution in [1.29, 1.82) is 0 Å². The van der Waals surface area contributed by atoms with Crippen LogP contribution in [0.25, 0.3) is 22.4 Å². The molecular weight excluding hydrogens is 270 g/mol. The molecule has 0 atom stereocenters. The summed E-state index contributed by atoms with van der Waals surface area (Å²) in [4.78, 5) is 7.07. The molecule has 0 saturated carbocycles. The summed E-state index contributed by atoms with van der Waals surface area (Å²) in [5.74, 6) is -0.427. The highest BCUT2D eigenvalue weighted by Gasteiger charge is 2.11. The first-order valence-corrected chi connectivity index (χ1v) is 6.21. The van der Waals surface area contributed by atoms with Gasteiger partial charge in [0.05, 0.1) is 5.52 Å². The average molecular weight is 279 g/mol. The number of fused-ring (bicyclic) bond motifs is 1. The molecule has 5 heteroatoms. The Balaban J connectivity index is 2.17. The molecule has 3 rings (SSSR count). The van der Waals surface area contributed by atoms with Crippen molar-refractivity contribution in [2.75, 3.05) is 0 Å². The fourth-order valence-corrected chi connectivity index (χ4v) is 2.15. The molecule has 1 aromatic heterocycles. The van der Waals surface area contributed by atoms with E-state index >= 15 is 0 Å². The van der Waals surface area contributed by atoms with Gasteiger partial charge in [0.1, 0.15) is 17.2 Å². The third-order valence-corrected chi connectivity index (χ3v) is 3.17. The lowest BCUT2D eigenvalue weighted by Gasteiger charge is -1.99. The van der Waals surface area contributed by atoms with Crippen molar-refractivity contribution < 1.29 is 8.78 Å². The van der Waals surface area contributed by atoms with Crippen LogP contribution in [0, 0.1) is 11.6 Å². The van der Waals surface area contributed by atoms with E-state index in [9.17, 15) is 8.78 Å². The summed E-state index contributed by atoms with van der Waals surface area (Å²) in [7, 11) is 0. The smallest absolute Gasteiger partial charge is 0.153 e. The molecule has 0 aliphatic heterocycles. The molecule has 2 aromatic carbocycles. The maximum absolute atomic E-state index is 13.6. The molecule has 0 aliphatic carbocycles. The third kappa shape index (κ3) is 2.19. The number of benzene rings is 2. The van der Waals surface area contributed by atoms with E-state index in [1.165, 1.54) is 6.07 Å². The van der Waals surface area contributed by atoms with E-state index in [2.05, 4.69) is 9.97 Å². The van der Waals surface area contributed by atoms with Crippen LogP contribution >= 0.6 is 11.6 Å². The number of aromatic amines is 1. The molecule has 3 aromatic rings. The predicted octanol–water partition coefficient (Wildman–Crippen LogP) is 4.25. The van der Waals surface area contributed by atoms with E-state index in [-0.39, 0.29) is 5.52 Å². The molecule has 0 amide bonds. The quantitative estimate of drug-likeness (QED) is 0.698. The molecule has 0 saturated heterocycles. The Kier molecular flexibility index (Phi) is 2.95. The normalized spacial score (nSPS) is 11.1. The molecule has 1 N–H and O–H groups in total. The van der Waals surface area contributed by atoms with Gasteiger partial charge in [0.15, 0.2) is 5.82 Å². The molecule has 96 valence electrons. The summed E-state index contributed by atoms with van der Waals surface area (Å²) in [6.07, 6.45) is 0. The number of rotatable bonds is 2. The van der Waals surface area contributed by atoms with E-state index < -0.39 is 11.6 Å². The summed E-state index contributed by atoms with van der Waals surface area (Å²) in [6.45, 7) is 0. The van der Waals surface area contributed by atoms with Gasteiger partial charge in [-0.1, -0.05) is 18.2 Å². The van der Waals surface area contributed by atoms with Crippen LogP contribution in [0.15, 0.2) is 36.4 Å². The Bertz CT molecular complexity index is 752. The molecule has 1 heterocycles. The van der Waals surface area contributed by atoms with Crippen LogP contribution in [-0.2, 0) is 5.88 Å². The van der Waals surface area contributed by atoms with E-state index in [4.69, 9.17) is 11.6 Å². The third-order valence-electron chi connectivity index (χ3n) is 2.86. The van der Waals surface area contributed by atoms with Gasteiger partial charge in [-0.05, 0) is 17.7 Å². The monoisotopic (exact) mass is 278 g/mol. The lowest BCUT2D eigenvalue weighted by Crippen LogP contribution is -1.83. The molecule has 0 unspecified atom stereocenters. The first kappa shape index (κ1) is 12.1. The molecule has 0 fully saturated rings. The molecule has 0 aliphatic rings. The lowest BCUT2D eigenvalue weighted by molar-refractivity contribution is 0.591. The van der Waals surface area contributed by atoms with Crippen LogP contribution in [0.2, 0.25) is 0 Å². The van der Waals surface area contributed by atoms with Gasteiger partial charge in [0.2, 0.25) is 0 Å². The van der Waals surface area contributed by atoms with Gasteiger partial charge in [0.25, 0.3) is 0 Å². The number of hydrogen-bond acceptors (Lipinski definition) is 1. The Hall–Kier alpha value is -1.94. The maximum atomic E-state index is 13.6. The summed E-state index contributed by atoms with van der Waals surface area (Å²) in [6, 6.07) is 9.47. The average Bonchev–Trinajstić information content (AvgIpc) is 2.83. The van der Waals surface area contributed by atoms with Gasteiger partial charge in [0, 0.05) is 17.5 Å². The van der Waals surface area contributed by atoms with Crippen molar-refractivity contribution in [3.63, 3.8) is 0 Å². The topological polar surface area (TPSA) is 28.7 Å². The first-order chi connectivity index (χ1) is 9.17. The van der Waals surface area contributed by atoms with Gasteiger partial charge in [-0.25, -0.2) is 13.8 Å². The van der Waals surface area contributed by atoms with Crippen LogP contribution in [0.3, 0.4) is 0 Å². The highest BCUT2D eigenvalue weighted by Crippen LogP contribution is 2.24. The van der Waals surface area contributed by atoms with E-state index in [0.717, 1.165) is 17.2 Å². The van der Waals surface area contributed by atoms with Crippen molar-refractivity contribution >= 4 is 22.6 Å². The SMILES string of the molecule is Fc1cc(F)c2nc(-c3cccc(CCl)c3)[nH]c2c1. The summed E-state index contributed by atoms with van der Waals surface area (Å²) in [5.41, 5.74) is 2.19. The zero-order valence-corrected chi connectivity index (χ0v) is 10.5. The van der Waals surface area contributed by atoms with Crippen LogP contribution in [-0.4, -0.2) is 9.97 Å². The van der Waals surface area contributed by atoms with Gasteiger partial charge < -0.3 is 4.98 Å². The Morgan fingerprint density at radius 1 is 1.16 bits per heavy atom. The minimum atomic E-state index is -0.675. The van der Waals surface area contributed by atoms with Crippen molar-refractivity contribution in [3.05, 3.63) is 53.6 Å². The molecule has 0 radical (unpaired) electrons. The number of nitrogens with one attached hydrogen (secondary N) is 1. The number of aromatic nitrogens is 2. The largest absolute Gasteiger partial charge is 0.338 e. The molecule has 0 spiro atoms. The fourth-order valence-electron chi connectivity index (χ4n) is 1.98. The highest BCUT2D eigenvalue weighted by molar-refractivity contribution is 6.17. The van der Waals surface area contributed by atoms with E-state index in [1.807, 2.05) is 24.3 Å². The second-order valence-corrected chi connectivity index (χ2v) is 4.47. The van der Waals surface area contributed by atoms with Crippen LogP contribution in [0.4, 0.5) is 8.78 Å². The van der Waals surface area contributed by atoms with Gasteiger partial charge in [-0.15, -0.1) is 11.6 Å². The number of H-pyrrole nitrogens is 1. The molecule has 19 heavy (non-hydrogen) atoms. The minimum Gasteiger partial charge on any atom is -0.338 e. The predicted molar refractivity (Wildman–Crippen MR) is 71.0 cm³/mol. The second kappa shape index (κ2) is 4.63. The first-order valence-electron chi connectivity index (χ1n) is 5.67. The zero-order chi connectivity index (χ0) is 13.4. The van der Waals surface area contributed by atoms with Gasteiger partial charge in [-0.3, -0.25) is 0 Å². The number of alkyl halides is 1. The Morgan fingerprint density at radius 3 is 2.79 bits per heavy atom. The second-order valence-electron chi connectivity index (χ2n) is 4.20. The van der Waals surface area contributed by atoms with Crippen molar-refractivity contribution in [2.24, 2.45) is 0 Å². The fraction of sp³-hybridized carbons (Fsp3) is 0.0714. The number of halogens is 3. The van der Waals surface area contributed by atoms with Gasteiger partial charge in [-0.2, -0.15) is 0 Å². The Labute approximate surface area is 113 Å². The van der Waals surface area contributed by atoms with E-state index in [1.54, 1.807) is 0 Å². The highest BCUT2D eigenvalue weighted by atomic mass is 35.5. The summed E-state index contributed by atoms with van der Waals surface area (Å²) in [5, 5.41) is 0. The Morgan fingerprint density at radius 2 is 2.00 bits per heavy atom. The zero-order valence-electron chi connectivity index (χ0n) is 9.75.